The number of allylic oxidation sites excluding steroid dienone is 3. The number of fused-ring (bicyclic) bond motifs is 5. The van der Waals surface area contributed by atoms with E-state index in [4.69, 9.17) is 0 Å². The zero-order valence-electron chi connectivity index (χ0n) is 24.4. The van der Waals surface area contributed by atoms with E-state index in [-0.39, 0.29) is 34.7 Å². The van der Waals surface area contributed by atoms with Crippen LogP contribution in [0.4, 0.5) is 0 Å². The number of nitriles is 1. The van der Waals surface area contributed by atoms with Crippen molar-refractivity contribution in [1.82, 2.24) is 0 Å². The molecule has 3 N–H and O–H groups in total. The molecule has 2 saturated carbocycles. The Morgan fingerprint density at radius 1 is 0.946 bits per heavy atom. The smallest absolute Gasteiger partial charge is 0.178 e. The van der Waals surface area contributed by atoms with Crippen molar-refractivity contribution in [2.24, 2.45) is 38.4 Å². The van der Waals surface area contributed by atoms with Gasteiger partial charge in [0.25, 0.3) is 0 Å². The normalized spacial score (nSPS) is 47.4. The predicted molar refractivity (Wildman–Crippen MR) is 145 cm³/mol. The van der Waals surface area contributed by atoms with E-state index < -0.39 is 33.4 Å². The molecule has 0 spiro atoms. The number of ketones is 1. The molecule has 4 aliphatic rings. The highest BCUT2D eigenvalue weighted by atomic mass is 16.3. The summed E-state index contributed by atoms with van der Waals surface area (Å²) in [4.78, 5) is 13.2. The highest BCUT2D eigenvalue weighted by Crippen LogP contribution is 2.72. The quantitative estimate of drug-likeness (QED) is 0.381. The van der Waals surface area contributed by atoms with Crippen molar-refractivity contribution in [3.8, 4) is 6.07 Å². The van der Waals surface area contributed by atoms with Gasteiger partial charge < -0.3 is 15.3 Å². The van der Waals surface area contributed by atoms with Gasteiger partial charge in [0.15, 0.2) is 5.78 Å². The van der Waals surface area contributed by atoms with E-state index in [0.29, 0.717) is 12.8 Å². The molecule has 0 aromatic carbocycles. The summed E-state index contributed by atoms with van der Waals surface area (Å²) in [7, 11) is 0. The van der Waals surface area contributed by atoms with E-state index in [1.807, 2.05) is 26.0 Å². The van der Waals surface area contributed by atoms with Gasteiger partial charge in [0.05, 0.1) is 5.57 Å². The number of aliphatic hydroxyl groups is 3. The summed E-state index contributed by atoms with van der Waals surface area (Å²) in [5.74, 6) is -0.0903. The van der Waals surface area contributed by atoms with Crippen LogP contribution >= 0.6 is 0 Å². The predicted octanol–water partition coefficient (Wildman–Crippen LogP) is 5.89. The van der Waals surface area contributed by atoms with E-state index in [1.165, 1.54) is 0 Å². The van der Waals surface area contributed by atoms with E-state index >= 15 is 0 Å². The van der Waals surface area contributed by atoms with Gasteiger partial charge >= 0.3 is 0 Å². The third-order valence-corrected chi connectivity index (χ3v) is 12.3. The van der Waals surface area contributed by atoms with Crippen molar-refractivity contribution in [2.45, 2.75) is 118 Å². The summed E-state index contributed by atoms with van der Waals surface area (Å²) in [6, 6.07) is 2.17. The van der Waals surface area contributed by atoms with Crippen molar-refractivity contribution >= 4 is 5.78 Å². The SMILES string of the molecule is CC1(C)CC[C@](C)(CO)CC[C@]2(C)[C@@](O)(CC1)[C@H](O)C=C1[C@@]3(C)C=C(C#N)C(=O)C(C)(C)[C@@H]3CC[C@]12C. The second-order valence-electron chi connectivity index (χ2n) is 15.3. The fraction of sp³-hybridized carbons (Fsp3) is 0.812. The number of aliphatic hydroxyl groups excluding tert-OH is 2. The molecule has 0 amide bonds. The first-order valence-electron chi connectivity index (χ1n) is 14.3. The van der Waals surface area contributed by atoms with Gasteiger partial charge in [-0.3, -0.25) is 4.79 Å². The lowest BCUT2D eigenvalue weighted by Crippen LogP contribution is -2.68. The van der Waals surface area contributed by atoms with Crippen LogP contribution in [0.1, 0.15) is 107 Å². The number of hydrogen-bond acceptors (Lipinski definition) is 5. The van der Waals surface area contributed by atoms with Crippen LogP contribution in [0.5, 0.6) is 0 Å². The number of nitrogens with zero attached hydrogens (tertiary/aromatic N) is 1. The molecule has 206 valence electrons. The first-order valence-corrected chi connectivity index (χ1v) is 14.3. The second kappa shape index (κ2) is 8.51. The molecule has 5 nitrogen and oxygen atoms in total. The summed E-state index contributed by atoms with van der Waals surface area (Å²) in [6.45, 7) is 17.2. The standard InChI is InChI=1S/C32H49NO4/c1-26(2)11-13-28(5,20-34)14-15-31(8)30(7)10-9-22-27(3,4)25(36)21(19-33)18-29(22,6)23(30)17-24(35)32(31,37)16-12-26/h17-18,22,24,34-35,37H,9-16,20H2,1-8H3/t22-,24+,28-,29-,30+,31-,32+/m0/s1. The average molecular weight is 512 g/mol. The van der Waals surface area contributed by atoms with E-state index in [2.05, 4.69) is 47.6 Å². The van der Waals surface area contributed by atoms with Gasteiger partial charge in [-0.25, -0.2) is 0 Å². The van der Waals surface area contributed by atoms with E-state index in [1.54, 1.807) is 0 Å². The van der Waals surface area contributed by atoms with E-state index in [0.717, 1.165) is 44.1 Å². The van der Waals surface area contributed by atoms with Crippen molar-refractivity contribution in [1.29, 1.82) is 5.26 Å². The van der Waals surface area contributed by atoms with Gasteiger partial charge in [-0.2, -0.15) is 5.26 Å². The highest BCUT2D eigenvalue weighted by molar-refractivity contribution is 6.04. The molecule has 0 aliphatic heterocycles. The largest absolute Gasteiger partial charge is 0.396 e. The number of Topliss-reactive ketones (excluding diaryl/α,β-unsaturated/α-hetero) is 1. The summed E-state index contributed by atoms with van der Waals surface area (Å²) in [6.07, 6.45) is 8.97. The summed E-state index contributed by atoms with van der Waals surface area (Å²) >= 11 is 0. The first kappa shape index (κ1) is 28.5. The molecule has 0 aromatic rings. The van der Waals surface area contributed by atoms with Gasteiger partial charge in [0.1, 0.15) is 17.8 Å². The fourth-order valence-corrected chi connectivity index (χ4v) is 8.97. The fourth-order valence-electron chi connectivity index (χ4n) is 8.97. The average Bonchev–Trinajstić information content (AvgIpc) is 2.83. The molecule has 5 heteroatoms. The Bertz CT molecular complexity index is 1080. The van der Waals surface area contributed by atoms with Crippen molar-refractivity contribution in [3.05, 3.63) is 23.3 Å². The third kappa shape index (κ3) is 3.84. The molecule has 0 radical (unpaired) electrons. The molecule has 4 rings (SSSR count). The van der Waals surface area contributed by atoms with Gasteiger partial charge in [0.2, 0.25) is 0 Å². The number of hydrogen-bond donors (Lipinski definition) is 3. The summed E-state index contributed by atoms with van der Waals surface area (Å²) < 4.78 is 0. The molecular weight excluding hydrogens is 462 g/mol. The second-order valence-corrected chi connectivity index (χ2v) is 15.3. The molecule has 0 heterocycles. The molecular formula is C32H49NO4. The Morgan fingerprint density at radius 2 is 1.54 bits per heavy atom. The van der Waals surface area contributed by atoms with E-state index in [9.17, 15) is 25.4 Å². The van der Waals surface area contributed by atoms with Crippen LogP contribution in [-0.2, 0) is 4.79 Å². The van der Waals surface area contributed by atoms with Gasteiger partial charge in [-0.15, -0.1) is 0 Å². The zero-order valence-corrected chi connectivity index (χ0v) is 24.4. The topological polar surface area (TPSA) is 102 Å². The maximum atomic E-state index is 13.2. The summed E-state index contributed by atoms with van der Waals surface area (Å²) in [5.41, 5.74) is -2.69. The Morgan fingerprint density at radius 3 is 2.14 bits per heavy atom. The Hall–Kier alpha value is -1.48. The summed E-state index contributed by atoms with van der Waals surface area (Å²) in [5, 5.41) is 44.7. The van der Waals surface area contributed by atoms with Gasteiger partial charge in [0, 0.05) is 22.9 Å². The van der Waals surface area contributed by atoms with Crippen LogP contribution in [0.25, 0.3) is 0 Å². The van der Waals surface area contributed by atoms with Crippen molar-refractivity contribution in [3.63, 3.8) is 0 Å². The highest BCUT2D eigenvalue weighted by Gasteiger charge is 2.69. The minimum Gasteiger partial charge on any atom is -0.396 e. The lowest BCUT2D eigenvalue weighted by atomic mass is 9.37. The molecule has 0 unspecified atom stereocenters. The van der Waals surface area contributed by atoms with Crippen LogP contribution in [-0.4, -0.2) is 39.4 Å². The van der Waals surface area contributed by atoms with Crippen molar-refractivity contribution in [2.75, 3.05) is 6.61 Å². The number of carbonyl (C=O) groups is 1. The molecule has 2 fully saturated rings. The van der Waals surface area contributed by atoms with Crippen molar-refractivity contribution < 1.29 is 20.1 Å². The third-order valence-electron chi connectivity index (χ3n) is 12.3. The molecule has 0 aromatic heterocycles. The molecule has 0 saturated heterocycles. The van der Waals surface area contributed by atoms with Crippen LogP contribution in [0.2, 0.25) is 0 Å². The van der Waals surface area contributed by atoms with Crippen LogP contribution in [0.3, 0.4) is 0 Å². The first-order chi connectivity index (χ1) is 16.9. The zero-order chi connectivity index (χ0) is 27.9. The maximum Gasteiger partial charge on any atom is 0.178 e. The monoisotopic (exact) mass is 511 g/mol. The van der Waals surface area contributed by atoms with Crippen LogP contribution in [0.15, 0.2) is 23.3 Å². The van der Waals surface area contributed by atoms with Gasteiger partial charge in [-0.1, -0.05) is 73.1 Å². The number of carbonyl (C=O) groups excluding carboxylic acids is 1. The Balaban J connectivity index is 1.94. The lowest BCUT2D eigenvalue weighted by molar-refractivity contribution is -0.214. The number of rotatable bonds is 1. The minimum absolute atomic E-state index is 0.00657. The van der Waals surface area contributed by atoms with Crippen LogP contribution in [0, 0.1) is 49.7 Å². The maximum absolute atomic E-state index is 13.2. The minimum atomic E-state index is -1.32. The molecule has 0 bridgehead atoms. The Kier molecular flexibility index (Phi) is 6.56. The lowest BCUT2D eigenvalue weighted by Gasteiger charge is -2.68. The molecule has 4 aliphatic carbocycles. The Labute approximate surface area is 224 Å². The molecule has 37 heavy (non-hydrogen) atoms. The molecule has 7 atom stereocenters. The van der Waals surface area contributed by atoms with Crippen LogP contribution < -0.4 is 0 Å². The van der Waals surface area contributed by atoms with Gasteiger partial charge in [-0.05, 0) is 73.5 Å².